The van der Waals surface area contributed by atoms with Crippen molar-refractivity contribution in [3.63, 3.8) is 0 Å². The fraction of sp³-hybridized carbons (Fsp3) is 0.333. The highest BCUT2D eigenvalue weighted by Crippen LogP contribution is 2.28. The molecule has 3 N–H and O–H groups in total. The van der Waals surface area contributed by atoms with E-state index in [1.165, 1.54) is 11.3 Å². The van der Waals surface area contributed by atoms with Crippen LogP contribution in [0.4, 0.5) is 5.13 Å². The van der Waals surface area contributed by atoms with Crippen LogP contribution in [0.15, 0.2) is 28.7 Å². The zero-order valence-electron chi connectivity index (χ0n) is 12.1. The summed E-state index contributed by atoms with van der Waals surface area (Å²) in [6.45, 7) is 2.94. The summed E-state index contributed by atoms with van der Waals surface area (Å²) in [6, 6.07) is 7.41. The highest BCUT2D eigenvalue weighted by atomic mass is 79.9. The number of anilines is 1. The smallest absolute Gasteiger partial charge is 0.250 e. The number of nitrogens with zero attached hydrogens (tertiary/aromatic N) is 1. The van der Waals surface area contributed by atoms with E-state index in [2.05, 4.69) is 26.2 Å². The first-order valence-electron chi connectivity index (χ1n) is 6.89. The second kappa shape index (κ2) is 6.08. The molecule has 0 fully saturated rings. The summed E-state index contributed by atoms with van der Waals surface area (Å²) in [5.74, 6) is -0.276. The van der Waals surface area contributed by atoms with E-state index in [-0.39, 0.29) is 5.91 Å². The van der Waals surface area contributed by atoms with Crippen molar-refractivity contribution < 1.29 is 9.53 Å². The van der Waals surface area contributed by atoms with Gasteiger partial charge in [0.25, 0.3) is 5.91 Å². The lowest BCUT2D eigenvalue weighted by Gasteiger charge is -2.23. The molecule has 22 heavy (non-hydrogen) atoms. The SMILES string of the molecule is CC(N)(C(=O)Nc1nc2c(s1)COCC2)c1ccc(Br)cc1. The lowest BCUT2D eigenvalue weighted by atomic mass is 9.92. The average molecular weight is 382 g/mol. The first-order valence-corrected chi connectivity index (χ1v) is 8.50. The van der Waals surface area contributed by atoms with Gasteiger partial charge in [-0.15, -0.1) is 0 Å². The van der Waals surface area contributed by atoms with E-state index in [0.717, 1.165) is 27.0 Å². The van der Waals surface area contributed by atoms with E-state index in [1.54, 1.807) is 6.92 Å². The molecule has 3 rings (SSSR count). The maximum absolute atomic E-state index is 12.5. The zero-order valence-corrected chi connectivity index (χ0v) is 14.5. The number of nitrogens with two attached hydrogens (primary N) is 1. The van der Waals surface area contributed by atoms with Gasteiger partial charge in [-0.3, -0.25) is 4.79 Å². The number of fused-ring (bicyclic) bond motifs is 1. The minimum atomic E-state index is -1.12. The van der Waals surface area contributed by atoms with Gasteiger partial charge in [-0.25, -0.2) is 4.98 Å². The third-order valence-corrected chi connectivity index (χ3v) is 5.15. The fourth-order valence-electron chi connectivity index (χ4n) is 2.23. The van der Waals surface area contributed by atoms with Crippen LogP contribution in [0, 0.1) is 0 Å². The lowest BCUT2D eigenvalue weighted by molar-refractivity contribution is -0.120. The van der Waals surface area contributed by atoms with Crippen LogP contribution in [-0.4, -0.2) is 17.5 Å². The summed E-state index contributed by atoms with van der Waals surface area (Å²) in [7, 11) is 0. The minimum Gasteiger partial charge on any atom is -0.375 e. The largest absolute Gasteiger partial charge is 0.375 e. The molecule has 7 heteroatoms. The number of aromatic nitrogens is 1. The molecule has 2 aromatic rings. The number of carbonyl (C=O) groups is 1. The first-order chi connectivity index (χ1) is 10.5. The zero-order chi connectivity index (χ0) is 15.7. The predicted octanol–water partition coefficient (Wildman–Crippen LogP) is 2.79. The summed E-state index contributed by atoms with van der Waals surface area (Å²) >= 11 is 4.82. The molecule has 116 valence electrons. The number of hydrogen-bond donors (Lipinski definition) is 2. The van der Waals surface area contributed by atoms with Crippen molar-refractivity contribution >= 4 is 38.3 Å². The maximum Gasteiger partial charge on any atom is 0.250 e. The fourth-order valence-corrected chi connectivity index (χ4v) is 3.44. The molecule has 0 saturated heterocycles. The summed E-state index contributed by atoms with van der Waals surface area (Å²) in [5, 5.41) is 3.41. The van der Waals surface area contributed by atoms with Gasteiger partial charge >= 0.3 is 0 Å². The molecule has 5 nitrogen and oxygen atoms in total. The molecule has 1 aromatic heterocycles. The Hall–Kier alpha value is -1.28. The maximum atomic E-state index is 12.5. The number of amides is 1. The Kier molecular flexibility index (Phi) is 4.31. The van der Waals surface area contributed by atoms with Gasteiger partial charge in [0.15, 0.2) is 5.13 Å². The Morgan fingerprint density at radius 1 is 1.45 bits per heavy atom. The molecule has 1 amide bonds. The topological polar surface area (TPSA) is 77.2 Å². The number of hydrogen-bond acceptors (Lipinski definition) is 5. The number of ether oxygens (including phenoxy) is 1. The Balaban J connectivity index is 1.78. The Labute approximate surface area is 141 Å². The minimum absolute atomic E-state index is 0.276. The Morgan fingerprint density at radius 2 is 2.18 bits per heavy atom. The molecule has 0 saturated carbocycles. The van der Waals surface area contributed by atoms with Crippen LogP contribution >= 0.6 is 27.3 Å². The average Bonchev–Trinajstić information content (AvgIpc) is 2.89. The molecule has 1 aliphatic rings. The highest BCUT2D eigenvalue weighted by Gasteiger charge is 2.31. The quantitative estimate of drug-likeness (QED) is 0.856. The first kappa shape index (κ1) is 15.6. The molecule has 0 radical (unpaired) electrons. The molecule has 1 atom stereocenters. The molecule has 0 bridgehead atoms. The Morgan fingerprint density at radius 3 is 2.86 bits per heavy atom. The van der Waals surface area contributed by atoms with Gasteiger partial charge in [0, 0.05) is 10.9 Å². The molecule has 1 aromatic carbocycles. The van der Waals surface area contributed by atoms with Crippen molar-refractivity contribution in [2.75, 3.05) is 11.9 Å². The van der Waals surface area contributed by atoms with Crippen molar-refractivity contribution in [1.82, 2.24) is 4.98 Å². The van der Waals surface area contributed by atoms with Gasteiger partial charge in [-0.05, 0) is 24.6 Å². The molecule has 1 unspecified atom stereocenters. The third-order valence-electron chi connectivity index (χ3n) is 3.63. The molecule has 1 aliphatic heterocycles. The van der Waals surface area contributed by atoms with Gasteiger partial charge in [-0.2, -0.15) is 0 Å². The van der Waals surface area contributed by atoms with Crippen molar-refractivity contribution in [1.29, 1.82) is 0 Å². The van der Waals surface area contributed by atoms with Crippen LogP contribution < -0.4 is 11.1 Å². The van der Waals surface area contributed by atoms with Crippen molar-refractivity contribution in [3.8, 4) is 0 Å². The number of rotatable bonds is 3. The van der Waals surface area contributed by atoms with Gasteiger partial charge in [0.2, 0.25) is 0 Å². The van der Waals surface area contributed by atoms with Gasteiger partial charge < -0.3 is 15.8 Å². The third kappa shape index (κ3) is 3.08. The van der Waals surface area contributed by atoms with E-state index in [4.69, 9.17) is 10.5 Å². The second-order valence-electron chi connectivity index (χ2n) is 5.35. The normalized spacial score (nSPS) is 16.7. The van der Waals surface area contributed by atoms with Gasteiger partial charge in [-0.1, -0.05) is 39.4 Å². The van der Waals surface area contributed by atoms with Crippen molar-refractivity contribution in [3.05, 3.63) is 44.9 Å². The number of thiazole rings is 1. The number of carbonyl (C=O) groups excluding carboxylic acids is 1. The summed E-state index contributed by atoms with van der Waals surface area (Å²) in [4.78, 5) is 18.0. The molecule has 0 aliphatic carbocycles. The number of nitrogens with one attached hydrogen (secondary N) is 1. The summed E-state index contributed by atoms with van der Waals surface area (Å²) in [5.41, 5.74) is 6.86. The van der Waals surface area contributed by atoms with Crippen LogP contribution in [0.1, 0.15) is 23.1 Å². The van der Waals surface area contributed by atoms with E-state index in [0.29, 0.717) is 18.3 Å². The van der Waals surface area contributed by atoms with Crippen LogP contribution in [0.2, 0.25) is 0 Å². The Bertz CT molecular complexity index is 674. The summed E-state index contributed by atoms with van der Waals surface area (Å²) < 4.78 is 6.34. The highest BCUT2D eigenvalue weighted by molar-refractivity contribution is 9.10. The lowest BCUT2D eigenvalue weighted by Crippen LogP contribution is -2.45. The molecular formula is C15H16BrN3O2S. The van der Waals surface area contributed by atoms with Crippen molar-refractivity contribution in [2.45, 2.75) is 25.5 Å². The van der Waals surface area contributed by atoms with Gasteiger partial charge in [0.05, 0.1) is 23.8 Å². The van der Waals surface area contributed by atoms with E-state index in [9.17, 15) is 4.79 Å². The number of halogens is 1. The molecule has 2 heterocycles. The van der Waals surface area contributed by atoms with Crippen LogP contribution in [0.3, 0.4) is 0 Å². The second-order valence-corrected chi connectivity index (χ2v) is 7.35. The number of benzene rings is 1. The van der Waals surface area contributed by atoms with E-state index < -0.39 is 5.54 Å². The monoisotopic (exact) mass is 381 g/mol. The van der Waals surface area contributed by atoms with Gasteiger partial charge in [0.1, 0.15) is 5.54 Å². The van der Waals surface area contributed by atoms with E-state index >= 15 is 0 Å². The van der Waals surface area contributed by atoms with Crippen LogP contribution in [0.25, 0.3) is 0 Å². The van der Waals surface area contributed by atoms with Crippen LogP contribution in [0.5, 0.6) is 0 Å². The molecular weight excluding hydrogens is 366 g/mol. The predicted molar refractivity (Wildman–Crippen MR) is 89.8 cm³/mol. The summed E-state index contributed by atoms with van der Waals surface area (Å²) in [6.07, 6.45) is 0.786. The standard InChI is InChI=1S/C15H16BrN3O2S/c1-15(17,9-2-4-10(16)5-3-9)13(20)19-14-18-11-6-7-21-8-12(11)22-14/h2-5H,6-8,17H2,1H3,(H,18,19,20). The van der Waals surface area contributed by atoms with Crippen molar-refractivity contribution in [2.24, 2.45) is 5.73 Å². The van der Waals surface area contributed by atoms with Crippen LogP contribution in [-0.2, 0) is 28.1 Å². The van der Waals surface area contributed by atoms with E-state index in [1.807, 2.05) is 24.3 Å². The molecule has 0 spiro atoms.